The van der Waals surface area contributed by atoms with Crippen LogP contribution in [0.2, 0.25) is 0 Å². The Kier molecular flexibility index (Phi) is 5.13. The molecule has 1 aromatic carbocycles. The molecule has 18 heavy (non-hydrogen) atoms. The van der Waals surface area contributed by atoms with Gasteiger partial charge in [-0.1, -0.05) is 0 Å². The van der Waals surface area contributed by atoms with Crippen molar-refractivity contribution < 1.29 is 14.3 Å². The number of ether oxygens (including phenoxy) is 1. The number of methoxy groups -OCH3 is 1. The molecular formula is C12H17N3O3. The number of amides is 2. The fourth-order valence-electron chi connectivity index (χ4n) is 1.35. The number of rotatable bonds is 5. The molecule has 0 aliphatic heterocycles. The Bertz CT molecular complexity index is 446. The Morgan fingerprint density at radius 1 is 1.33 bits per heavy atom. The molecule has 1 aromatic rings. The minimum atomic E-state index is -0.364. The monoisotopic (exact) mass is 251 g/mol. The van der Waals surface area contributed by atoms with Gasteiger partial charge in [-0.05, 0) is 30.7 Å². The molecule has 1 rings (SSSR count). The second kappa shape index (κ2) is 6.61. The van der Waals surface area contributed by atoms with Crippen LogP contribution in [0, 0.1) is 6.92 Å². The van der Waals surface area contributed by atoms with Crippen molar-refractivity contribution in [3.8, 4) is 5.75 Å². The molecule has 98 valence electrons. The Morgan fingerprint density at radius 3 is 2.61 bits per heavy atom. The summed E-state index contributed by atoms with van der Waals surface area (Å²) in [6, 6.07) is 5.31. The highest BCUT2D eigenvalue weighted by molar-refractivity contribution is 5.95. The highest BCUT2D eigenvalue weighted by Gasteiger charge is 2.06. The van der Waals surface area contributed by atoms with Crippen molar-refractivity contribution in [3.05, 3.63) is 23.8 Å². The quantitative estimate of drug-likeness (QED) is 0.687. The third kappa shape index (κ3) is 4.06. The number of carbonyl (C=O) groups excluding carboxylic acids is 2. The summed E-state index contributed by atoms with van der Waals surface area (Å²) in [7, 11) is 1.58. The van der Waals surface area contributed by atoms with Crippen LogP contribution in [0.25, 0.3) is 0 Å². The summed E-state index contributed by atoms with van der Waals surface area (Å²) < 4.78 is 5.06. The third-order valence-corrected chi connectivity index (χ3v) is 2.34. The number of benzene rings is 1. The van der Waals surface area contributed by atoms with Crippen molar-refractivity contribution in [1.29, 1.82) is 0 Å². The molecule has 0 fully saturated rings. The molecule has 0 heterocycles. The number of hydrogen-bond donors (Lipinski definition) is 3. The van der Waals surface area contributed by atoms with E-state index in [4.69, 9.17) is 10.5 Å². The van der Waals surface area contributed by atoms with E-state index in [1.54, 1.807) is 19.2 Å². The van der Waals surface area contributed by atoms with Crippen molar-refractivity contribution in [2.75, 3.05) is 25.5 Å². The van der Waals surface area contributed by atoms with Gasteiger partial charge in [0.05, 0.1) is 20.2 Å². The minimum absolute atomic E-state index is 0.0957. The zero-order chi connectivity index (χ0) is 13.5. The summed E-state index contributed by atoms with van der Waals surface area (Å²) in [6.45, 7) is 1.63. The van der Waals surface area contributed by atoms with Crippen LogP contribution < -0.4 is 21.1 Å². The third-order valence-electron chi connectivity index (χ3n) is 2.34. The van der Waals surface area contributed by atoms with Gasteiger partial charge >= 0.3 is 0 Å². The average Bonchev–Trinajstić information content (AvgIpc) is 2.38. The lowest BCUT2D eigenvalue weighted by Crippen LogP contribution is -2.36. The molecule has 0 saturated carbocycles. The van der Waals surface area contributed by atoms with Gasteiger partial charge in [0, 0.05) is 5.69 Å². The standard InChI is InChI=1S/C12H17N3O3/c1-8-5-9(18-2)3-4-10(8)15-12(17)7-14-11(16)6-13/h3-5H,6-7,13H2,1-2H3,(H,14,16)(H,15,17). The number of nitrogens with two attached hydrogens (primary N) is 1. The van der Waals surface area contributed by atoms with Gasteiger partial charge in [-0.3, -0.25) is 9.59 Å². The average molecular weight is 251 g/mol. The highest BCUT2D eigenvalue weighted by atomic mass is 16.5. The maximum Gasteiger partial charge on any atom is 0.243 e. The fraction of sp³-hybridized carbons (Fsp3) is 0.333. The van der Waals surface area contributed by atoms with Crippen LogP contribution in [0.5, 0.6) is 5.75 Å². The van der Waals surface area contributed by atoms with Crippen LogP contribution in [0.3, 0.4) is 0 Å². The first-order chi connectivity index (χ1) is 8.56. The summed E-state index contributed by atoms with van der Waals surface area (Å²) in [6.07, 6.45) is 0. The lowest BCUT2D eigenvalue weighted by molar-refractivity contribution is -0.123. The van der Waals surface area contributed by atoms with Crippen LogP contribution in [-0.4, -0.2) is 32.0 Å². The lowest BCUT2D eigenvalue weighted by atomic mass is 10.2. The fourth-order valence-corrected chi connectivity index (χ4v) is 1.35. The summed E-state index contributed by atoms with van der Waals surface area (Å²) >= 11 is 0. The van der Waals surface area contributed by atoms with E-state index >= 15 is 0 Å². The van der Waals surface area contributed by atoms with Crippen molar-refractivity contribution in [1.82, 2.24) is 5.32 Å². The van der Waals surface area contributed by atoms with Crippen LogP contribution in [-0.2, 0) is 9.59 Å². The van der Waals surface area contributed by atoms with Gasteiger partial charge in [-0.15, -0.1) is 0 Å². The Morgan fingerprint density at radius 2 is 2.06 bits per heavy atom. The normalized spacial score (nSPS) is 9.72. The van der Waals surface area contributed by atoms with E-state index in [1.807, 2.05) is 13.0 Å². The zero-order valence-electron chi connectivity index (χ0n) is 10.4. The lowest BCUT2D eigenvalue weighted by Gasteiger charge is -2.10. The molecule has 6 heteroatoms. The Labute approximate surface area is 105 Å². The summed E-state index contributed by atoms with van der Waals surface area (Å²) in [5.41, 5.74) is 6.67. The molecule has 0 unspecified atom stereocenters. The first-order valence-electron chi connectivity index (χ1n) is 5.48. The molecular weight excluding hydrogens is 234 g/mol. The predicted octanol–water partition coefficient (Wildman–Crippen LogP) is 0.0170. The van der Waals surface area contributed by atoms with E-state index in [-0.39, 0.29) is 24.9 Å². The maximum atomic E-state index is 11.5. The molecule has 0 spiro atoms. The predicted molar refractivity (Wildman–Crippen MR) is 68.4 cm³/mol. The van der Waals surface area contributed by atoms with E-state index in [1.165, 1.54) is 0 Å². The summed E-state index contributed by atoms with van der Waals surface area (Å²) in [5, 5.41) is 5.08. The topological polar surface area (TPSA) is 93.5 Å². The van der Waals surface area contributed by atoms with Gasteiger partial charge in [0.15, 0.2) is 0 Å². The highest BCUT2D eigenvalue weighted by Crippen LogP contribution is 2.20. The number of carbonyl (C=O) groups is 2. The molecule has 0 aliphatic rings. The molecule has 0 radical (unpaired) electrons. The van der Waals surface area contributed by atoms with E-state index in [0.29, 0.717) is 5.69 Å². The largest absolute Gasteiger partial charge is 0.497 e. The first-order valence-corrected chi connectivity index (χ1v) is 5.48. The maximum absolute atomic E-state index is 11.5. The van der Waals surface area contributed by atoms with Crippen LogP contribution >= 0.6 is 0 Å². The van der Waals surface area contributed by atoms with E-state index in [9.17, 15) is 9.59 Å². The molecule has 0 atom stereocenters. The van der Waals surface area contributed by atoms with Gasteiger partial charge in [0.2, 0.25) is 11.8 Å². The SMILES string of the molecule is COc1ccc(NC(=O)CNC(=O)CN)c(C)c1. The number of aryl methyl sites for hydroxylation is 1. The van der Waals surface area contributed by atoms with Crippen molar-refractivity contribution in [2.45, 2.75) is 6.92 Å². The molecule has 0 bridgehead atoms. The second-order valence-electron chi connectivity index (χ2n) is 3.71. The van der Waals surface area contributed by atoms with E-state index < -0.39 is 0 Å². The smallest absolute Gasteiger partial charge is 0.243 e. The summed E-state index contributed by atoms with van der Waals surface area (Å²) in [5.74, 6) is 0.0589. The van der Waals surface area contributed by atoms with Crippen LogP contribution in [0.1, 0.15) is 5.56 Å². The molecule has 0 aliphatic carbocycles. The number of anilines is 1. The molecule has 0 aromatic heterocycles. The van der Waals surface area contributed by atoms with Gasteiger partial charge in [-0.2, -0.15) is 0 Å². The zero-order valence-corrected chi connectivity index (χ0v) is 10.4. The van der Waals surface area contributed by atoms with Crippen molar-refractivity contribution in [2.24, 2.45) is 5.73 Å². The molecule has 0 saturated heterocycles. The van der Waals surface area contributed by atoms with Gasteiger partial charge in [0.1, 0.15) is 5.75 Å². The molecule has 2 amide bonds. The van der Waals surface area contributed by atoms with Crippen LogP contribution in [0.15, 0.2) is 18.2 Å². The van der Waals surface area contributed by atoms with Gasteiger partial charge in [0.25, 0.3) is 0 Å². The minimum Gasteiger partial charge on any atom is -0.497 e. The Balaban J connectivity index is 2.56. The van der Waals surface area contributed by atoms with Gasteiger partial charge < -0.3 is 21.1 Å². The van der Waals surface area contributed by atoms with Crippen molar-refractivity contribution in [3.63, 3.8) is 0 Å². The van der Waals surface area contributed by atoms with Crippen molar-refractivity contribution >= 4 is 17.5 Å². The Hall–Kier alpha value is -2.08. The van der Waals surface area contributed by atoms with Gasteiger partial charge in [-0.25, -0.2) is 0 Å². The molecule has 4 N–H and O–H groups in total. The summed E-state index contributed by atoms with van der Waals surface area (Å²) in [4.78, 5) is 22.4. The first kappa shape index (κ1) is 14.0. The number of hydrogen-bond acceptors (Lipinski definition) is 4. The number of nitrogens with one attached hydrogen (secondary N) is 2. The van der Waals surface area contributed by atoms with E-state index in [2.05, 4.69) is 10.6 Å². The van der Waals surface area contributed by atoms with E-state index in [0.717, 1.165) is 11.3 Å². The van der Waals surface area contributed by atoms with Crippen LogP contribution in [0.4, 0.5) is 5.69 Å². The second-order valence-corrected chi connectivity index (χ2v) is 3.71. The molecule has 6 nitrogen and oxygen atoms in total.